The van der Waals surface area contributed by atoms with Crippen molar-refractivity contribution in [2.75, 3.05) is 13.1 Å². The Hall–Kier alpha value is -2.14. The lowest BCUT2D eigenvalue weighted by molar-refractivity contribution is -0.121. The molecule has 0 radical (unpaired) electrons. The maximum Gasteiger partial charge on any atom is 0.254 e. The Kier molecular flexibility index (Phi) is 6.35. The summed E-state index contributed by atoms with van der Waals surface area (Å²) in [5.74, 6) is -0.250. The number of likely N-dealkylation sites (N-methyl/N-ethyl adjacent to an activating group) is 1. The van der Waals surface area contributed by atoms with Crippen LogP contribution in [0.25, 0.3) is 0 Å². The molecule has 0 bridgehead atoms. The van der Waals surface area contributed by atoms with E-state index in [2.05, 4.69) is 12.2 Å². The van der Waals surface area contributed by atoms with E-state index in [1.54, 1.807) is 16.2 Å². The highest BCUT2D eigenvalue weighted by Gasteiger charge is 2.17. The SMILES string of the molecule is CCc1ccc(C(=O)N(CC)CC(=O)NCc2cccs2)cc1. The fourth-order valence-electron chi connectivity index (χ4n) is 2.22. The van der Waals surface area contributed by atoms with Crippen molar-refractivity contribution in [3.63, 3.8) is 0 Å². The van der Waals surface area contributed by atoms with Crippen LogP contribution in [0.15, 0.2) is 41.8 Å². The first-order chi connectivity index (χ1) is 11.1. The van der Waals surface area contributed by atoms with Crippen molar-refractivity contribution in [3.05, 3.63) is 57.8 Å². The lowest BCUT2D eigenvalue weighted by Crippen LogP contribution is -2.40. The number of thiophene rings is 1. The molecule has 1 heterocycles. The molecule has 5 heteroatoms. The zero-order valence-corrected chi connectivity index (χ0v) is 14.4. The van der Waals surface area contributed by atoms with E-state index in [-0.39, 0.29) is 18.4 Å². The molecule has 0 aliphatic heterocycles. The Morgan fingerprint density at radius 3 is 2.43 bits per heavy atom. The lowest BCUT2D eigenvalue weighted by atomic mass is 10.1. The molecule has 23 heavy (non-hydrogen) atoms. The molecule has 2 amide bonds. The van der Waals surface area contributed by atoms with Crippen LogP contribution in [0.4, 0.5) is 0 Å². The quantitative estimate of drug-likeness (QED) is 0.848. The summed E-state index contributed by atoms with van der Waals surface area (Å²) in [5, 5.41) is 4.83. The van der Waals surface area contributed by atoms with Crippen LogP contribution in [0.1, 0.15) is 34.6 Å². The lowest BCUT2D eigenvalue weighted by Gasteiger charge is -2.20. The average Bonchev–Trinajstić information content (AvgIpc) is 3.11. The van der Waals surface area contributed by atoms with E-state index >= 15 is 0 Å². The number of nitrogens with zero attached hydrogens (tertiary/aromatic N) is 1. The van der Waals surface area contributed by atoms with Gasteiger partial charge < -0.3 is 10.2 Å². The molecule has 1 aromatic carbocycles. The summed E-state index contributed by atoms with van der Waals surface area (Å²) >= 11 is 1.60. The monoisotopic (exact) mass is 330 g/mol. The summed E-state index contributed by atoms with van der Waals surface area (Å²) in [5.41, 5.74) is 1.81. The van der Waals surface area contributed by atoms with Crippen LogP contribution in [-0.4, -0.2) is 29.8 Å². The summed E-state index contributed by atoms with van der Waals surface area (Å²) in [6, 6.07) is 11.5. The van der Waals surface area contributed by atoms with Gasteiger partial charge in [0.05, 0.1) is 13.1 Å². The molecule has 4 nitrogen and oxygen atoms in total. The van der Waals surface area contributed by atoms with Crippen molar-refractivity contribution in [2.24, 2.45) is 0 Å². The van der Waals surface area contributed by atoms with Crippen molar-refractivity contribution in [1.29, 1.82) is 0 Å². The van der Waals surface area contributed by atoms with Gasteiger partial charge in [-0.1, -0.05) is 25.1 Å². The Morgan fingerprint density at radius 1 is 1.13 bits per heavy atom. The first-order valence-corrected chi connectivity index (χ1v) is 8.69. The van der Waals surface area contributed by atoms with Gasteiger partial charge >= 0.3 is 0 Å². The first kappa shape index (κ1) is 17.2. The Bertz CT molecular complexity index is 636. The highest BCUT2D eigenvalue weighted by Crippen LogP contribution is 2.09. The molecule has 0 aliphatic carbocycles. The minimum atomic E-state index is -0.140. The van der Waals surface area contributed by atoms with Crippen LogP contribution in [0.3, 0.4) is 0 Å². The van der Waals surface area contributed by atoms with E-state index in [9.17, 15) is 9.59 Å². The van der Waals surface area contributed by atoms with E-state index in [0.717, 1.165) is 11.3 Å². The van der Waals surface area contributed by atoms with Gasteiger partial charge in [0.1, 0.15) is 0 Å². The predicted molar refractivity (Wildman–Crippen MR) is 93.6 cm³/mol. The number of benzene rings is 1. The van der Waals surface area contributed by atoms with E-state index in [1.165, 1.54) is 5.56 Å². The highest BCUT2D eigenvalue weighted by molar-refractivity contribution is 7.09. The molecule has 0 saturated carbocycles. The normalized spacial score (nSPS) is 10.3. The van der Waals surface area contributed by atoms with Crippen LogP contribution in [0.2, 0.25) is 0 Å². The summed E-state index contributed by atoms with van der Waals surface area (Å²) in [6.45, 7) is 5.04. The van der Waals surface area contributed by atoms with Gasteiger partial charge in [-0.3, -0.25) is 9.59 Å². The predicted octanol–water partition coefficient (Wildman–Crippen LogP) is 3.09. The summed E-state index contributed by atoms with van der Waals surface area (Å²) in [7, 11) is 0. The smallest absolute Gasteiger partial charge is 0.254 e. The molecular formula is C18H22N2O2S. The number of amides is 2. The number of carbonyl (C=O) groups excluding carboxylic acids is 2. The third kappa shape index (κ3) is 4.93. The van der Waals surface area contributed by atoms with Crippen molar-refractivity contribution in [3.8, 4) is 0 Å². The first-order valence-electron chi connectivity index (χ1n) is 7.81. The van der Waals surface area contributed by atoms with Crippen LogP contribution >= 0.6 is 11.3 Å². The molecule has 0 unspecified atom stereocenters. The van der Waals surface area contributed by atoms with E-state index in [1.807, 2.05) is 48.7 Å². The molecule has 0 aliphatic rings. The second kappa shape index (κ2) is 8.48. The van der Waals surface area contributed by atoms with E-state index < -0.39 is 0 Å². The third-order valence-corrected chi connectivity index (χ3v) is 4.53. The fraction of sp³-hybridized carbons (Fsp3) is 0.333. The van der Waals surface area contributed by atoms with Gasteiger partial charge in [0, 0.05) is 17.0 Å². The van der Waals surface area contributed by atoms with Gasteiger partial charge in [0.25, 0.3) is 5.91 Å². The second-order valence-electron chi connectivity index (χ2n) is 5.23. The van der Waals surface area contributed by atoms with Gasteiger partial charge in [0.2, 0.25) is 5.91 Å². The largest absolute Gasteiger partial charge is 0.350 e. The Labute approximate surface area is 141 Å². The van der Waals surface area contributed by atoms with Gasteiger partial charge in [-0.2, -0.15) is 0 Å². The Balaban J connectivity index is 1.92. The summed E-state index contributed by atoms with van der Waals surface area (Å²) in [6.07, 6.45) is 0.942. The van der Waals surface area contributed by atoms with Crippen molar-refractivity contribution < 1.29 is 9.59 Å². The van der Waals surface area contributed by atoms with Crippen LogP contribution in [0.5, 0.6) is 0 Å². The maximum atomic E-state index is 12.5. The van der Waals surface area contributed by atoms with Crippen LogP contribution in [-0.2, 0) is 17.8 Å². The highest BCUT2D eigenvalue weighted by atomic mass is 32.1. The average molecular weight is 330 g/mol. The number of rotatable bonds is 7. The van der Waals surface area contributed by atoms with Gasteiger partial charge in [-0.15, -0.1) is 11.3 Å². The molecule has 122 valence electrons. The number of nitrogens with one attached hydrogen (secondary N) is 1. The van der Waals surface area contributed by atoms with Crippen molar-refractivity contribution in [1.82, 2.24) is 10.2 Å². The molecule has 2 aromatic rings. The van der Waals surface area contributed by atoms with Gasteiger partial charge in [-0.25, -0.2) is 0 Å². The number of aryl methyl sites for hydroxylation is 1. The maximum absolute atomic E-state index is 12.5. The minimum absolute atomic E-state index is 0.0796. The zero-order valence-electron chi connectivity index (χ0n) is 13.5. The van der Waals surface area contributed by atoms with Crippen molar-refractivity contribution in [2.45, 2.75) is 26.8 Å². The number of carbonyl (C=O) groups is 2. The summed E-state index contributed by atoms with van der Waals surface area (Å²) < 4.78 is 0. The van der Waals surface area contributed by atoms with Crippen LogP contribution in [0, 0.1) is 0 Å². The second-order valence-corrected chi connectivity index (χ2v) is 6.26. The minimum Gasteiger partial charge on any atom is -0.350 e. The molecular weight excluding hydrogens is 308 g/mol. The van der Waals surface area contributed by atoms with Crippen molar-refractivity contribution >= 4 is 23.2 Å². The molecule has 0 fully saturated rings. The fourth-order valence-corrected chi connectivity index (χ4v) is 2.87. The molecule has 0 atom stereocenters. The topological polar surface area (TPSA) is 49.4 Å². The standard InChI is InChI=1S/C18H22N2O2S/c1-3-14-7-9-15(10-8-14)18(22)20(4-2)13-17(21)19-12-16-6-5-11-23-16/h5-11H,3-4,12-13H2,1-2H3,(H,19,21). The zero-order chi connectivity index (χ0) is 16.7. The molecule has 1 aromatic heterocycles. The Morgan fingerprint density at radius 2 is 1.87 bits per heavy atom. The third-order valence-electron chi connectivity index (χ3n) is 3.65. The van der Waals surface area contributed by atoms with Gasteiger partial charge in [-0.05, 0) is 42.5 Å². The number of hydrogen-bond donors (Lipinski definition) is 1. The van der Waals surface area contributed by atoms with E-state index in [0.29, 0.717) is 18.7 Å². The van der Waals surface area contributed by atoms with E-state index in [4.69, 9.17) is 0 Å². The van der Waals surface area contributed by atoms with Gasteiger partial charge in [0.15, 0.2) is 0 Å². The number of hydrogen-bond acceptors (Lipinski definition) is 3. The molecule has 0 saturated heterocycles. The molecule has 2 rings (SSSR count). The molecule has 1 N–H and O–H groups in total. The molecule has 0 spiro atoms. The summed E-state index contributed by atoms with van der Waals surface area (Å²) in [4.78, 5) is 27.2. The van der Waals surface area contributed by atoms with Crippen LogP contribution < -0.4 is 5.32 Å².